The van der Waals surface area contributed by atoms with E-state index in [1.54, 1.807) is 39.8 Å². The van der Waals surface area contributed by atoms with Crippen LogP contribution in [0.25, 0.3) is 0 Å². The zero-order valence-electron chi connectivity index (χ0n) is 19.2. The first-order valence-electron chi connectivity index (χ1n) is 9.86. The standard InChI is InChI=1S/C23H35NO4Si/c1-10-14-18(29(8,9)23(5,6)7)27-20(25)19(17-15-12-11-13-16-17)24-21(26)28-22(2,3)4/h11-13,15-16,18-19H,1-9H3,(H,24,26)/t18-,19?/m0/s1. The quantitative estimate of drug-likeness (QED) is 0.404. The van der Waals surface area contributed by atoms with Crippen LogP contribution in [0.4, 0.5) is 4.79 Å². The first kappa shape index (κ1) is 24.8. The Labute approximate surface area is 176 Å². The summed E-state index contributed by atoms with van der Waals surface area (Å²) in [7, 11) is -2.10. The first-order valence-corrected chi connectivity index (χ1v) is 12.9. The van der Waals surface area contributed by atoms with Crippen molar-refractivity contribution in [1.29, 1.82) is 0 Å². The molecule has 2 atom stereocenters. The van der Waals surface area contributed by atoms with Gasteiger partial charge in [-0.2, -0.15) is 0 Å². The average molecular weight is 418 g/mol. The molecule has 1 amide bonds. The minimum absolute atomic E-state index is 0.0252. The van der Waals surface area contributed by atoms with Gasteiger partial charge in [0.1, 0.15) is 19.4 Å². The lowest BCUT2D eigenvalue weighted by Crippen LogP contribution is -2.52. The number of hydrogen-bond donors (Lipinski definition) is 1. The van der Waals surface area contributed by atoms with Gasteiger partial charge in [0.25, 0.3) is 0 Å². The van der Waals surface area contributed by atoms with Gasteiger partial charge in [-0.05, 0) is 38.3 Å². The Morgan fingerprint density at radius 2 is 1.59 bits per heavy atom. The number of carbonyl (C=O) groups is 2. The Kier molecular flexibility index (Phi) is 8.11. The fourth-order valence-corrected chi connectivity index (χ4v) is 4.12. The summed E-state index contributed by atoms with van der Waals surface area (Å²) in [5, 5.41) is 2.63. The van der Waals surface area contributed by atoms with E-state index in [9.17, 15) is 9.59 Å². The molecule has 1 unspecified atom stereocenters. The van der Waals surface area contributed by atoms with E-state index < -0.39 is 37.5 Å². The van der Waals surface area contributed by atoms with Crippen molar-refractivity contribution in [1.82, 2.24) is 5.32 Å². The van der Waals surface area contributed by atoms with Crippen LogP contribution in [0.15, 0.2) is 30.3 Å². The van der Waals surface area contributed by atoms with Gasteiger partial charge in [-0.1, -0.05) is 70.1 Å². The third-order valence-corrected chi connectivity index (χ3v) is 10.6. The van der Waals surface area contributed by atoms with Gasteiger partial charge in [0.15, 0.2) is 6.04 Å². The number of benzene rings is 1. The van der Waals surface area contributed by atoms with E-state index in [4.69, 9.17) is 9.47 Å². The highest BCUT2D eigenvalue weighted by atomic mass is 28.3. The zero-order chi connectivity index (χ0) is 22.5. The van der Waals surface area contributed by atoms with Crippen LogP contribution >= 0.6 is 0 Å². The predicted molar refractivity (Wildman–Crippen MR) is 119 cm³/mol. The Morgan fingerprint density at radius 3 is 2.03 bits per heavy atom. The van der Waals surface area contributed by atoms with E-state index in [1.165, 1.54) is 0 Å². The molecular weight excluding hydrogens is 382 g/mol. The number of rotatable bonds is 5. The summed E-state index contributed by atoms with van der Waals surface area (Å²) in [5.41, 5.74) is -0.541. The lowest BCUT2D eigenvalue weighted by molar-refractivity contribution is -0.146. The van der Waals surface area contributed by atoms with Crippen molar-refractivity contribution < 1.29 is 19.1 Å². The summed E-state index contributed by atoms with van der Waals surface area (Å²) >= 11 is 0. The molecule has 0 saturated heterocycles. The van der Waals surface area contributed by atoms with Gasteiger partial charge in [0, 0.05) is 0 Å². The normalized spacial score (nSPS) is 14.1. The molecule has 0 aliphatic carbocycles. The molecule has 0 heterocycles. The maximum atomic E-state index is 13.2. The van der Waals surface area contributed by atoms with Crippen LogP contribution in [0.5, 0.6) is 0 Å². The number of ether oxygens (including phenoxy) is 2. The van der Waals surface area contributed by atoms with Crippen LogP contribution in [0.3, 0.4) is 0 Å². The van der Waals surface area contributed by atoms with Crippen LogP contribution in [0.1, 0.15) is 60.1 Å². The second-order valence-corrected chi connectivity index (χ2v) is 15.1. The summed E-state index contributed by atoms with van der Waals surface area (Å²) < 4.78 is 11.2. The van der Waals surface area contributed by atoms with Gasteiger partial charge in [-0.3, -0.25) is 0 Å². The molecule has 6 heteroatoms. The maximum absolute atomic E-state index is 13.2. The molecule has 1 N–H and O–H groups in total. The van der Waals surface area contributed by atoms with E-state index >= 15 is 0 Å². The van der Waals surface area contributed by atoms with Crippen molar-refractivity contribution in [2.24, 2.45) is 0 Å². The monoisotopic (exact) mass is 417 g/mol. The van der Waals surface area contributed by atoms with Gasteiger partial charge in [0.2, 0.25) is 0 Å². The number of nitrogens with one attached hydrogen (secondary N) is 1. The molecule has 1 aromatic rings. The van der Waals surface area contributed by atoms with Crippen molar-refractivity contribution in [3.63, 3.8) is 0 Å². The summed E-state index contributed by atoms with van der Waals surface area (Å²) in [6, 6.07) is 8.04. The molecule has 0 radical (unpaired) electrons. The third-order valence-electron chi connectivity index (χ3n) is 5.13. The predicted octanol–water partition coefficient (Wildman–Crippen LogP) is 5.24. The molecule has 5 nitrogen and oxygen atoms in total. The largest absolute Gasteiger partial charge is 0.452 e. The highest BCUT2D eigenvalue weighted by Crippen LogP contribution is 2.39. The van der Waals surface area contributed by atoms with E-state index in [1.807, 2.05) is 18.2 Å². The summed E-state index contributed by atoms with van der Waals surface area (Å²) in [6.07, 6.45) is -0.672. The molecule has 0 aliphatic rings. The van der Waals surface area contributed by atoms with Gasteiger partial charge in [-0.25, -0.2) is 9.59 Å². The van der Waals surface area contributed by atoms with Crippen molar-refractivity contribution >= 4 is 20.1 Å². The summed E-state index contributed by atoms with van der Waals surface area (Å²) in [6.45, 7) is 17.8. The topological polar surface area (TPSA) is 64.6 Å². The number of amides is 1. The molecule has 1 aromatic carbocycles. The first-order chi connectivity index (χ1) is 13.2. The van der Waals surface area contributed by atoms with Crippen molar-refractivity contribution in [3.8, 4) is 11.8 Å². The minimum Gasteiger partial charge on any atom is -0.452 e. The van der Waals surface area contributed by atoms with E-state index in [0.717, 1.165) is 0 Å². The van der Waals surface area contributed by atoms with Crippen LogP contribution in [-0.2, 0) is 14.3 Å². The molecule has 0 spiro atoms. The van der Waals surface area contributed by atoms with Crippen LogP contribution in [-0.4, -0.2) is 31.5 Å². The van der Waals surface area contributed by atoms with Gasteiger partial charge in [-0.15, -0.1) is 5.92 Å². The van der Waals surface area contributed by atoms with E-state index in [0.29, 0.717) is 5.56 Å². The fourth-order valence-electron chi connectivity index (χ4n) is 2.42. The fraction of sp³-hybridized carbons (Fsp3) is 0.565. The summed E-state index contributed by atoms with van der Waals surface area (Å²) in [5.74, 6) is 5.44. The molecule has 160 valence electrons. The SMILES string of the molecule is CC#C[C@@H](OC(=O)C(NC(=O)OC(C)(C)C)c1ccccc1)[Si](C)(C)C(C)(C)C. The lowest BCUT2D eigenvalue weighted by atomic mass is 10.1. The second kappa shape index (κ2) is 9.49. The van der Waals surface area contributed by atoms with E-state index in [2.05, 4.69) is 51.0 Å². The smallest absolute Gasteiger partial charge is 0.408 e. The second-order valence-electron chi connectivity index (χ2n) is 9.67. The highest BCUT2D eigenvalue weighted by molar-refractivity contribution is 6.82. The molecular formula is C23H35NO4Si. The number of alkyl carbamates (subject to hydrolysis) is 1. The number of hydrogen-bond acceptors (Lipinski definition) is 4. The lowest BCUT2D eigenvalue weighted by Gasteiger charge is -2.40. The molecule has 0 aromatic heterocycles. The molecule has 1 rings (SSSR count). The molecule has 29 heavy (non-hydrogen) atoms. The van der Waals surface area contributed by atoms with Crippen molar-refractivity contribution in [3.05, 3.63) is 35.9 Å². The Balaban J connectivity index is 3.19. The molecule has 0 aliphatic heterocycles. The number of carbonyl (C=O) groups excluding carboxylic acids is 2. The molecule has 0 saturated carbocycles. The van der Waals surface area contributed by atoms with E-state index in [-0.39, 0.29) is 5.04 Å². The van der Waals surface area contributed by atoms with Crippen LogP contribution in [0.2, 0.25) is 18.1 Å². The van der Waals surface area contributed by atoms with Crippen LogP contribution < -0.4 is 5.32 Å². The highest BCUT2D eigenvalue weighted by Gasteiger charge is 2.45. The number of esters is 1. The Hall–Kier alpha value is -2.26. The zero-order valence-corrected chi connectivity index (χ0v) is 20.2. The van der Waals surface area contributed by atoms with Gasteiger partial charge in [0.05, 0.1) is 0 Å². The average Bonchev–Trinajstić information content (AvgIpc) is 2.57. The third kappa shape index (κ3) is 7.25. The van der Waals surface area contributed by atoms with Gasteiger partial charge >= 0.3 is 12.1 Å². The van der Waals surface area contributed by atoms with Gasteiger partial charge < -0.3 is 14.8 Å². The van der Waals surface area contributed by atoms with Crippen LogP contribution in [0, 0.1) is 11.8 Å². The van der Waals surface area contributed by atoms with Crippen molar-refractivity contribution in [2.45, 2.75) is 84.0 Å². The summed E-state index contributed by atoms with van der Waals surface area (Å²) in [4.78, 5) is 25.5. The molecule has 0 bridgehead atoms. The molecule has 0 fully saturated rings. The van der Waals surface area contributed by atoms with Crippen molar-refractivity contribution in [2.75, 3.05) is 0 Å². The Morgan fingerprint density at radius 1 is 1.03 bits per heavy atom. The Bertz CT molecular complexity index is 764. The maximum Gasteiger partial charge on any atom is 0.408 e. The minimum atomic E-state index is -2.10.